The fraction of sp³-hybridized carbons (Fsp3) is 0.448. The number of nitrogens with zero attached hydrogens (tertiary/aromatic N) is 4. The molecule has 0 saturated heterocycles. The number of hydrogen-bond donors (Lipinski definition) is 3. The fourth-order valence-electron chi connectivity index (χ4n) is 4.78. The van der Waals surface area contributed by atoms with Crippen molar-refractivity contribution >= 4 is 33.3 Å². The van der Waals surface area contributed by atoms with Crippen molar-refractivity contribution in [1.82, 2.24) is 19.9 Å². The van der Waals surface area contributed by atoms with Gasteiger partial charge in [-0.3, -0.25) is 4.98 Å². The van der Waals surface area contributed by atoms with Crippen molar-refractivity contribution in [3.8, 4) is 16.3 Å². The van der Waals surface area contributed by atoms with Gasteiger partial charge in [0.1, 0.15) is 22.1 Å². The van der Waals surface area contributed by atoms with Crippen LogP contribution in [-0.4, -0.2) is 43.6 Å². The normalized spacial score (nSPS) is 12.9. The van der Waals surface area contributed by atoms with Gasteiger partial charge in [0.15, 0.2) is 0 Å². The number of fused-ring (bicyclic) bond motifs is 1. The molecular formula is C29H35F3N6O2S. The van der Waals surface area contributed by atoms with E-state index in [1.54, 1.807) is 23.5 Å². The molecule has 1 atom stereocenters. The molecule has 0 aliphatic carbocycles. The van der Waals surface area contributed by atoms with E-state index in [2.05, 4.69) is 32.3 Å². The van der Waals surface area contributed by atoms with Crippen LogP contribution in [0.5, 0.6) is 5.75 Å². The van der Waals surface area contributed by atoms with Crippen LogP contribution in [0.2, 0.25) is 0 Å². The summed E-state index contributed by atoms with van der Waals surface area (Å²) in [5.41, 5.74) is 4.06. The zero-order valence-electron chi connectivity index (χ0n) is 24.0. The molecule has 0 amide bonds. The highest BCUT2D eigenvalue weighted by Gasteiger charge is 2.31. The van der Waals surface area contributed by atoms with Gasteiger partial charge < -0.3 is 20.5 Å². The topological polar surface area (TPSA) is 105 Å². The van der Waals surface area contributed by atoms with Crippen LogP contribution in [0.15, 0.2) is 30.3 Å². The number of ether oxygens (including phenoxy) is 1. The minimum Gasteiger partial charge on any atom is -0.406 e. The largest absolute Gasteiger partial charge is 0.573 e. The molecular weight excluding hydrogens is 553 g/mol. The minimum atomic E-state index is -4.74. The highest BCUT2D eigenvalue weighted by atomic mass is 32.1. The van der Waals surface area contributed by atoms with Crippen LogP contribution in [0, 0.1) is 26.7 Å². The number of pyridine rings is 1. The third-order valence-electron chi connectivity index (χ3n) is 6.87. The Morgan fingerprint density at radius 2 is 1.68 bits per heavy atom. The second-order valence-electron chi connectivity index (χ2n) is 10.6. The van der Waals surface area contributed by atoms with Crippen LogP contribution in [0.1, 0.15) is 56.3 Å². The van der Waals surface area contributed by atoms with Crippen LogP contribution in [-0.2, 0) is 6.54 Å². The highest BCUT2D eigenvalue weighted by Crippen LogP contribution is 2.37. The monoisotopic (exact) mass is 588 g/mol. The predicted molar refractivity (Wildman–Crippen MR) is 156 cm³/mol. The Balaban J connectivity index is 1.61. The van der Waals surface area contributed by atoms with E-state index in [0.717, 1.165) is 56.3 Å². The van der Waals surface area contributed by atoms with E-state index < -0.39 is 12.0 Å². The van der Waals surface area contributed by atoms with Crippen molar-refractivity contribution in [2.24, 2.45) is 5.92 Å². The van der Waals surface area contributed by atoms with Crippen LogP contribution < -0.4 is 15.4 Å². The lowest BCUT2D eigenvalue weighted by Crippen LogP contribution is -2.31. The highest BCUT2D eigenvalue weighted by molar-refractivity contribution is 7.21. The zero-order valence-corrected chi connectivity index (χ0v) is 24.8. The lowest BCUT2D eigenvalue weighted by molar-refractivity contribution is -0.274. The van der Waals surface area contributed by atoms with E-state index in [9.17, 15) is 18.3 Å². The van der Waals surface area contributed by atoms with Gasteiger partial charge in [-0.05, 0) is 70.7 Å². The summed E-state index contributed by atoms with van der Waals surface area (Å²) in [5.74, 6) is 0.800. The number of nitrogens with one attached hydrogen (secondary N) is 2. The van der Waals surface area contributed by atoms with Crippen LogP contribution in [0.4, 0.5) is 24.9 Å². The first-order chi connectivity index (χ1) is 19.2. The average Bonchev–Trinajstić information content (AvgIpc) is 3.28. The van der Waals surface area contributed by atoms with Gasteiger partial charge >= 0.3 is 6.36 Å². The molecule has 1 aromatic carbocycles. The van der Waals surface area contributed by atoms with Gasteiger partial charge in [0.2, 0.25) is 5.95 Å². The summed E-state index contributed by atoms with van der Waals surface area (Å²) in [7, 11) is 0. The number of benzene rings is 1. The van der Waals surface area contributed by atoms with Crippen molar-refractivity contribution in [3.63, 3.8) is 0 Å². The van der Waals surface area contributed by atoms with Gasteiger partial charge in [0, 0.05) is 18.8 Å². The average molecular weight is 589 g/mol. The Kier molecular flexibility index (Phi) is 9.03. The molecule has 3 aromatic heterocycles. The summed E-state index contributed by atoms with van der Waals surface area (Å²) in [4.78, 5) is 18.9. The van der Waals surface area contributed by atoms with E-state index in [0.29, 0.717) is 24.9 Å². The molecule has 0 aliphatic rings. The number of aliphatic hydroxyl groups is 1. The molecule has 0 aliphatic heterocycles. The molecule has 4 aromatic rings. The Morgan fingerprint density at radius 1 is 0.976 bits per heavy atom. The Hall–Kier alpha value is -3.51. The summed E-state index contributed by atoms with van der Waals surface area (Å²) in [6, 6.07) is 7.66. The molecule has 0 spiro atoms. The Bertz CT molecular complexity index is 1500. The van der Waals surface area contributed by atoms with Gasteiger partial charge in [0.05, 0.1) is 27.3 Å². The summed E-state index contributed by atoms with van der Waals surface area (Å²) >= 11 is 1.55. The van der Waals surface area contributed by atoms with Crippen LogP contribution >= 0.6 is 11.3 Å². The molecule has 1 unspecified atom stereocenters. The van der Waals surface area contributed by atoms with Crippen molar-refractivity contribution in [3.05, 3.63) is 53.0 Å². The van der Waals surface area contributed by atoms with Gasteiger partial charge in [-0.15, -0.1) is 24.5 Å². The second-order valence-corrected chi connectivity index (χ2v) is 11.6. The molecule has 0 saturated carbocycles. The van der Waals surface area contributed by atoms with Gasteiger partial charge in [-0.25, -0.2) is 9.97 Å². The SMILES string of the molecule is CCC(CCNc1nc(NCc2ccc(OC(F)(F)F)cc2)nc(C)c1-c1nc2c(C)nc(C)cc2s1)C(C)(C)O. The molecule has 3 heterocycles. The summed E-state index contributed by atoms with van der Waals surface area (Å²) in [6.45, 7) is 12.4. The van der Waals surface area contributed by atoms with E-state index in [1.807, 2.05) is 40.7 Å². The summed E-state index contributed by atoms with van der Waals surface area (Å²) in [5, 5.41) is 17.9. The van der Waals surface area contributed by atoms with Crippen molar-refractivity contribution < 1.29 is 23.0 Å². The number of aromatic nitrogens is 4. The van der Waals surface area contributed by atoms with Crippen molar-refractivity contribution in [1.29, 1.82) is 0 Å². The number of alkyl halides is 3. The Morgan fingerprint density at radius 3 is 2.32 bits per heavy atom. The number of halogens is 3. The predicted octanol–water partition coefficient (Wildman–Crippen LogP) is 7.18. The zero-order chi connectivity index (χ0) is 29.9. The maximum atomic E-state index is 12.5. The van der Waals surface area contributed by atoms with E-state index in [1.165, 1.54) is 12.1 Å². The number of hydrogen-bond acceptors (Lipinski definition) is 9. The molecule has 0 bridgehead atoms. The van der Waals surface area contributed by atoms with E-state index in [4.69, 9.17) is 9.97 Å². The molecule has 0 radical (unpaired) electrons. The third kappa shape index (κ3) is 7.82. The summed E-state index contributed by atoms with van der Waals surface area (Å²) in [6.07, 6.45) is -3.17. The van der Waals surface area contributed by atoms with Crippen LogP contribution in [0.25, 0.3) is 20.8 Å². The standard InChI is InChI=1S/C29H35F3N6O2S/c1-7-20(28(5,6)39)12-13-33-25-23(26-37-24-18(4)35-16(2)14-22(24)41-26)17(3)36-27(38-25)34-15-19-8-10-21(11-9-19)40-29(30,31)32/h8-11,14,20,39H,7,12-13,15H2,1-6H3,(H2,33,34,36,38). The van der Waals surface area contributed by atoms with Crippen molar-refractivity contribution in [2.45, 2.75) is 72.9 Å². The first-order valence-electron chi connectivity index (χ1n) is 13.4. The number of aryl methyl sites for hydroxylation is 3. The minimum absolute atomic E-state index is 0.0995. The van der Waals surface area contributed by atoms with Crippen molar-refractivity contribution in [2.75, 3.05) is 17.2 Å². The van der Waals surface area contributed by atoms with E-state index >= 15 is 0 Å². The second kappa shape index (κ2) is 12.2. The van der Waals surface area contributed by atoms with E-state index in [-0.39, 0.29) is 11.7 Å². The fourth-order valence-corrected chi connectivity index (χ4v) is 5.99. The smallest absolute Gasteiger partial charge is 0.406 e. The quantitative estimate of drug-likeness (QED) is 0.169. The molecule has 220 valence electrons. The molecule has 3 N–H and O–H groups in total. The van der Waals surface area contributed by atoms with Crippen LogP contribution in [0.3, 0.4) is 0 Å². The number of rotatable bonds is 11. The molecule has 0 fully saturated rings. The molecule has 12 heteroatoms. The maximum Gasteiger partial charge on any atom is 0.573 e. The summed E-state index contributed by atoms with van der Waals surface area (Å²) < 4.78 is 42.4. The first kappa shape index (κ1) is 30.4. The lowest BCUT2D eigenvalue weighted by Gasteiger charge is -2.28. The first-order valence-corrected chi connectivity index (χ1v) is 14.2. The molecule has 4 rings (SSSR count). The lowest BCUT2D eigenvalue weighted by atomic mass is 9.86. The maximum absolute atomic E-state index is 12.5. The van der Waals surface area contributed by atoms with Gasteiger partial charge in [0.25, 0.3) is 0 Å². The molecule has 41 heavy (non-hydrogen) atoms. The number of anilines is 2. The molecule has 8 nitrogen and oxygen atoms in total. The Labute approximate surface area is 241 Å². The number of thiazole rings is 1. The third-order valence-corrected chi connectivity index (χ3v) is 7.89. The van der Waals surface area contributed by atoms with Gasteiger partial charge in [-0.2, -0.15) is 4.98 Å². The van der Waals surface area contributed by atoms with Gasteiger partial charge in [-0.1, -0.05) is 25.5 Å².